The van der Waals surface area contributed by atoms with Crippen molar-refractivity contribution in [3.63, 3.8) is 0 Å². The third-order valence-corrected chi connectivity index (χ3v) is 6.54. The molecule has 0 spiro atoms. The monoisotopic (exact) mass is 418 g/mol. The van der Waals surface area contributed by atoms with Gasteiger partial charge in [0.25, 0.3) is 0 Å². The van der Waals surface area contributed by atoms with Crippen LogP contribution in [0, 0.1) is 0 Å². The van der Waals surface area contributed by atoms with Crippen LogP contribution >= 0.6 is 35.3 Å². The van der Waals surface area contributed by atoms with Gasteiger partial charge in [-0.2, -0.15) is 0 Å². The maximum Gasteiger partial charge on any atom is 0.0123 e. The molecule has 0 fully saturated rings. The summed E-state index contributed by atoms with van der Waals surface area (Å²) in [6, 6.07) is 39.9. The maximum atomic E-state index is 2.17. The van der Waals surface area contributed by atoms with Crippen molar-refractivity contribution in [2.45, 2.75) is 24.5 Å². The fourth-order valence-electron chi connectivity index (χ4n) is 2.38. The van der Waals surface area contributed by atoms with Crippen LogP contribution in [0.3, 0.4) is 0 Å². The molecular formula is C25H22S3. The number of hydrogen-bond donors (Lipinski definition) is 0. The second-order valence-corrected chi connectivity index (χ2v) is 8.99. The zero-order chi connectivity index (χ0) is 19.4. The molecular weight excluding hydrogens is 396 g/mol. The topological polar surface area (TPSA) is 0 Å². The van der Waals surface area contributed by atoms with Crippen molar-refractivity contribution >= 4 is 35.3 Å². The van der Waals surface area contributed by atoms with E-state index in [0.717, 1.165) is 0 Å². The molecule has 4 rings (SSSR count). The van der Waals surface area contributed by atoms with Crippen molar-refractivity contribution in [2.24, 2.45) is 0 Å². The van der Waals surface area contributed by atoms with Gasteiger partial charge in [-0.15, -0.1) is 11.8 Å². The van der Waals surface area contributed by atoms with Gasteiger partial charge >= 0.3 is 0 Å². The van der Waals surface area contributed by atoms with Crippen LogP contribution in [0.2, 0.25) is 0 Å². The lowest BCUT2D eigenvalue weighted by Crippen LogP contribution is -1.73. The third kappa shape index (κ3) is 7.16. The Kier molecular flexibility index (Phi) is 8.63. The maximum absolute atomic E-state index is 2.17. The van der Waals surface area contributed by atoms with Gasteiger partial charge in [0.1, 0.15) is 0 Å². The average molecular weight is 419 g/mol. The Hall–Kier alpha value is -2.07. The van der Waals surface area contributed by atoms with Gasteiger partial charge in [-0.1, -0.05) is 78.1 Å². The van der Waals surface area contributed by atoms with E-state index < -0.39 is 0 Å². The Morgan fingerprint density at radius 1 is 0.357 bits per heavy atom. The summed E-state index contributed by atoms with van der Waals surface area (Å²) in [4.78, 5) is 6.46. The molecule has 0 aliphatic rings. The van der Waals surface area contributed by atoms with E-state index >= 15 is 0 Å². The minimum absolute atomic E-state index is 1.29. The molecule has 0 aromatic heterocycles. The zero-order valence-corrected chi connectivity index (χ0v) is 18.1. The molecule has 0 saturated carbocycles. The summed E-state index contributed by atoms with van der Waals surface area (Å²) >= 11 is 5.36. The fraction of sp³-hybridized carbons (Fsp3) is 0.0400. The first kappa shape index (κ1) is 20.7. The Bertz CT molecular complexity index is 884. The number of rotatable bonds is 5. The molecule has 4 aromatic rings. The van der Waals surface area contributed by atoms with E-state index in [2.05, 4.69) is 103 Å². The van der Waals surface area contributed by atoms with Gasteiger partial charge in [-0.05, 0) is 66.9 Å². The highest BCUT2D eigenvalue weighted by molar-refractivity contribution is 7.99. The molecule has 0 N–H and O–H groups in total. The molecule has 0 amide bonds. The Morgan fingerprint density at radius 2 is 0.643 bits per heavy atom. The minimum Gasteiger partial charge on any atom is -0.130 e. The van der Waals surface area contributed by atoms with Crippen LogP contribution in [0.5, 0.6) is 0 Å². The van der Waals surface area contributed by atoms with Crippen LogP contribution < -0.4 is 0 Å². The van der Waals surface area contributed by atoms with Gasteiger partial charge in [0.05, 0.1) is 0 Å². The molecule has 0 saturated heterocycles. The van der Waals surface area contributed by atoms with Crippen molar-refractivity contribution in [1.29, 1.82) is 0 Å². The Labute approximate surface area is 180 Å². The first-order valence-electron chi connectivity index (χ1n) is 8.98. The summed E-state index contributed by atoms with van der Waals surface area (Å²) in [6.45, 7) is 0. The highest BCUT2D eigenvalue weighted by Gasteiger charge is 1.96. The van der Waals surface area contributed by atoms with Crippen molar-refractivity contribution in [1.82, 2.24) is 0 Å². The van der Waals surface area contributed by atoms with Gasteiger partial charge in [-0.3, -0.25) is 0 Å². The molecule has 0 radical (unpaired) electrons. The second-order valence-electron chi connectivity index (χ2n) is 5.82. The largest absolute Gasteiger partial charge is 0.130 e. The van der Waals surface area contributed by atoms with Crippen molar-refractivity contribution in [2.75, 3.05) is 6.26 Å². The van der Waals surface area contributed by atoms with E-state index in [1.165, 1.54) is 24.5 Å². The van der Waals surface area contributed by atoms with Gasteiger partial charge in [0, 0.05) is 24.5 Å². The van der Waals surface area contributed by atoms with Crippen LogP contribution in [0.25, 0.3) is 0 Å². The van der Waals surface area contributed by atoms with E-state index in [-0.39, 0.29) is 0 Å². The minimum atomic E-state index is 1.29. The highest BCUT2D eigenvalue weighted by atomic mass is 32.2. The van der Waals surface area contributed by atoms with Crippen LogP contribution in [-0.4, -0.2) is 6.26 Å². The molecule has 3 heteroatoms. The Balaban J connectivity index is 0.000000162. The molecule has 0 atom stereocenters. The molecule has 140 valence electrons. The standard InChI is InChI=1S/C13H12S2.C12H10S/c1-14-11-7-9-13(10-8-11)15-12-5-3-2-4-6-12;1-3-7-11(8-4-1)13-12-9-5-2-6-10-12/h2-10H,1H3;1-10H. The number of thioether (sulfide) groups is 1. The fourth-order valence-corrected chi connectivity index (χ4v) is 4.49. The van der Waals surface area contributed by atoms with E-state index in [1.54, 1.807) is 35.3 Å². The second kappa shape index (κ2) is 11.7. The third-order valence-electron chi connectivity index (χ3n) is 3.76. The predicted molar refractivity (Wildman–Crippen MR) is 126 cm³/mol. The summed E-state index contributed by atoms with van der Waals surface area (Å²) < 4.78 is 0. The van der Waals surface area contributed by atoms with E-state index in [0.29, 0.717) is 0 Å². The summed E-state index contributed by atoms with van der Waals surface area (Å²) in [6.07, 6.45) is 2.10. The average Bonchev–Trinajstić information content (AvgIpc) is 2.77. The van der Waals surface area contributed by atoms with Gasteiger partial charge < -0.3 is 0 Å². The summed E-state index contributed by atoms with van der Waals surface area (Å²) in [7, 11) is 0. The molecule has 28 heavy (non-hydrogen) atoms. The van der Waals surface area contributed by atoms with Crippen LogP contribution in [0.15, 0.2) is 140 Å². The van der Waals surface area contributed by atoms with E-state index in [1.807, 2.05) is 18.2 Å². The molecule has 0 aliphatic heterocycles. The van der Waals surface area contributed by atoms with E-state index in [4.69, 9.17) is 0 Å². The van der Waals surface area contributed by atoms with Crippen molar-refractivity contribution in [3.8, 4) is 0 Å². The van der Waals surface area contributed by atoms with Gasteiger partial charge in [0.15, 0.2) is 0 Å². The summed E-state index contributed by atoms with van der Waals surface area (Å²) in [5.41, 5.74) is 0. The molecule has 0 heterocycles. The van der Waals surface area contributed by atoms with Gasteiger partial charge in [0.2, 0.25) is 0 Å². The molecule has 0 nitrogen and oxygen atoms in total. The van der Waals surface area contributed by atoms with Crippen molar-refractivity contribution in [3.05, 3.63) is 115 Å². The lowest BCUT2D eigenvalue weighted by molar-refractivity contribution is 1.34. The number of benzene rings is 4. The lowest BCUT2D eigenvalue weighted by atomic mass is 10.4. The number of hydrogen-bond acceptors (Lipinski definition) is 3. The smallest absolute Gasteiger partial charge is 0.0123 e. The molecule has 0 unspecified atom stereocenters. The highest BCUT2D eigenvalue weighted by Crippen LogP contribution is 2.28. The van der Waals surface area contributed by atoms with E-state index in [9.17, 15) is 0 Å². The van der Waals surface area contributed by atoms with Crippen molar-refractivity contribution < 1.29 is 0 Å². The van der Waals surface area contributed by atoms with Crippen LogP contribution in [0.1, 0.15) is 0 Å². The zero-order valence-electron chi connectivity index (χ0n) is 15.7. The van der Waals surface area contributed by atoms with Crippen LogP contribution in [0.4, 0.5) is 0 Å². The molecule has 0 aliphatic carbocycles. The predicted octanol–water partition coefficient (Wildman–Crippen LogP) is 8.40. The molecule has 4 aromatic carbocycles. The summed E-state index contributed by atoms with van der Waals surface area (Å²) in [5, 5.41) is 0. The van der Waals surface area contributed by atoms with Crippen LogP contribution in [-0.2, 0) is 0 Å². The Morgan fingerprint density at radius 3 is 0.964 bits per heavy atom. The normalized spacial score (nSPS) is 10.0. The van der Waals surface area contributed by atoms with Gasteiger partial charge in [-0.25, -0.2) is 0 Å². The first-order chi connectivity index (χ1) is 13.8. The quantitative estimate of drug-likeness (QED) is 0.299. The first-order valence-corrected chi connectivity index (χ1v) is 11.8. The lowest BCUT2D eigenvalue weighted by Gasteiger charge is -2.02. The summed E-state index contributed by atoms with van der Waals surface area (Å²) in [5.74, 6) is 0. The molecule has 0 bridgehead atoms. The SMILES string of the molecule is CSc1ccc(Sc2ccccc2)cc1.c1ccc(Sc2ccccc2)cc1.